The van der Waals surface area contributed by atoms with E-state index < -0.39 is 11.9 Å². The Hall–Kier alpha value is -0.930. The summed E-state index contributed by atoms with van der Waals surface area (Å²) >= 11 is 0. The Balaban J connectivity index is -0.000000116. The average Bonchev–Trinajstić information content (AvgIpc) is 2.24. The average molecular weight is 363 g/mol. The number of aliphatic carboxylic acids is 2. The highest BCUT2D eigenvalue weighted by Crippen LogP contribution is 1.86. The fourth-order valence-corrected chi connectivity index (χ4v) is 0.814. The highest BCUT2D eigenvalue weighted by molar-refractivity contribution is 5.85. The number of quaternary nitrogens is 2. The van der Waals surface area contributed by atoms with Crippen LogP contribution in [0, 0.1) is 0 Å². The second-order valence-electron chi connectivity index (χ2n) is 6.76. The van der Waals surface area contributed by atoms with Crippen LogP contribution in [0.5, 0.6) is 0 Å². The number of hydrogen-bond acceptors (Lipinski definition) is 4. The van der Waals surface area contributed by atoms with E-state index in [0.717, 1.165) is 22.1 Å². The number of rotatable bonds is 7. The topological polar surface area (TPSA) is 115 Å². The summed E-state index contributed by atoms with van der Waals surface area (Å²) in [6.45, 7) is 2.23. The first kappa shape index (κ1) is 30.0. The molecule has 0 unspecified atom stereocenters. The molecule has 9 heteroatoms. The molecule has 0 fully saturated rings. The minimum atomic E-state index is -1.08. The van der Waals surface area contributed by atoms with Crippen molar-refractivity contribution in [1.29, 1.82) is 0 Å². The lowest BCUT2D eigenvalue weighted by atomic mass is 10.3. The lowest BCUT2D eigenvalue weighted by Gasteiger charge is -2.21. The molecule has 0 saturated carbocycles. The lowest BCUT2D eigenvalue weighted by molar-refractivity contribution is -0.870. The minimum Gasteiger partial charge on any atom is -0.481 e. The predicted molar refractivity (Wildman–Crippen MR) is 91.7 cm³/mol. The van der Waals surface area contributed by atoms with Gasteiger partial charge in [-0.2, -0.15) is 0 Å². The first-order chi connectivity index (χ1) is 9.75. The molecule has 0 aromatic carbocycles. The van der Waals surface area contributed by atoms with Gasteiger partial charge in [-0.15, -0.1) is 12.4 Å². The SMILES string of the molecule is C[N+](C)(C)CCO.C[N+](C)(C)CCO.Cl.O=C(O)CCC(=O)O. The molecule has 0 aliphatic heterocycles. The van der Waals surface area contributed by atoms with E-state index in [2.05, 4.69) is 42.3 Å². The molecule has 0 aromatic rings. The van der Waals surface area contributed by atoms with Crippen LogP contribution in [-0.2, 0) is 9.59 Å². The normalized spacial score (nSPS) is 10.3. The van der Waals surface area contributed by atoms with Gasteiger partial charge in [-0.25, -0.2) is 0 Å². The van der Waals surface area contributed by atoms with Crippen LogP contribution in [-0.4, -0.2) is 110 Å². The van der Waals surface area contributed by atoms with Gasteiger partial charge in [0.2, 0.25) is 0 Å². The Kier molecular flexibility index (Phi) is 20.8. The summed E-state index contributed by atoms with van der Waals surface area (Å²) in [4.78, 5) is 19.3. The Bertz CT molecular complexity index is 271. The molecule has 0 aromatic heterocycles. The molecular formula is C14H35ClN2O6+2. The van der Waals surface area contributed by atoms with Crippen LogP contribution in [0.3, 0.4) is 0 Å². The smallest absolute Gasteiger partial charge is 0.303 e. The molecule has 23 heavy (non-hydrogen) atoms. The van der Waals surface area contributed by atoms with Crippen molar-refractivity contribution < 1.29 is 39.0 Å². The standard InChI is InChI=1S/2C5H14NO.C4H6O4.ClH/c2*1-6(2,3)4-5-7;5-3(6)1-2-4(7)8;/h2*7H,4-5H2,1-3H3;1-2H2,(H,5,6)(H,7,8);1H/q2*+1;;. The zero-order valence-corrected chi connectivity index (χ0v) is 16.0. The zero-order chi connectivity index (χ0) is 18.4. The molecular weight excluding hydrogens is 328 g/mol. The van der Waals surface area contributed by atoms with Gasteiger partial charge in [-0.05, 0) is 0 Å². The largest absolute Gasteiger partial charge is 0.481 e. The van der Waals surface area contributed by atoms with Crippen molar-refractivity contribution in [3.8, 4) is 0 Å². The molecule has 0 heterocycles. The van der Waals surface area contributed by atoms with Gasteiger partial charge in [-0.1, -0.05) is 0 Å². The molecule has 0 spiro atoms. The van der Waals surface area contributed by atoms with Crippen LogP contribution in [0.15, 0.2) is 0 Å². The summed E-state index contributed by atoms with van der Waals surface area (Å²) in [6, 6.07) is 0. The Morgan fingerprint density at radius 1 is 0.696 bits per heavy atom. The van der Waals surface area contributed by atoms with Gasteiger partial charge in [0.1, 0.15) is 13.1 Å². The molecule has 4 N–H and O–H groups in total. The van der Waals surface area contributed by atoms with Crippen molar-refractivity contribution in [3.63, 3.8) is 0 Å². The maximum absolute atomic E-state index is 9.64. The van der Waals surface area contributed by atoms with E-state index in [-0.39, 0.29) is 38.5 Å². The number of halogens is 1. The van der Waals surface area contributed by atoms with Gasteiger partial charge in [0, 0.05) is 0 Å². The predicted octanol–water partition coefficient (Wildman–Crippen LogP) is -0.273. The molecule has 142 valence electrons. The fraction of sp³-hybridized carbons (Fsp3) is 0.857. The number of aliphatic hydroxyl groups excluding tert-OH is 2. The van der Waals surface area contributed by atoms with Crippen molar-refractivity contribution in [2.24, 2.45) is 0 Å². The van der Waals surface area contributed by atoms with Crippen LogP contribution in [0.25, 0.3) is 0 Å². The van der Waals surface area contributed by atoms with Crippen LogP contribution in [0.1, 0.15) is 12.8 Å². The van der Waals surface area contributed by atoms with Gasteiger partial charge >= 0.3 is 11.9 Å². The highest BCUT2D eigenvalue weighted by atomic mass is 35.5. The fourth-order valence-electron chi connectivity index (χ4n) is 0.814. The molecule has 0 rings (SSSR count). The van der Waals surface area contributed by atoms with Gasteiger partial charge < -0.3 is 29.4 Å². The van der Waals surface area contributed by atoms with Gasteiger partial charge in [-0.3, -0.25) is 9.59 Å². The summed E-state index contributed by atoms with van der Waals surface area (Å²) in [5.74, 6) is -2.15. The van der Waals surface area contributed by atoms with Crippen molar-refractivity contribution in [2.45, 2.75) is 12.8 Å². The summed E-state index contributed by atoms with van der Waals surface area (Å²) in [7, 11) is 12.3. The molecule has 8 nitrogen and oxygen atoms in total. The van der Waals surface area contributed by atoms with E-state index >= 15 is 0 Å². The number of carboxylic acid groups (broad SMARTS) is 2. The summed E-state index contributed by atoms with van der Waals surface area (Å²) in [5.41, 5.74) is 0. The van der Waals surface area contributed by atoms with Gasteiger partial charge in [0.05, 0.1) is 68.3 Å². The number of aliphatic hydroxyl groups is 2. The number of carboxylic acids is 2. The van der Waals surface area contributed by atoms with Crippen molar-refractivity contribution in [2.75, 3.05) is 68.6 Å². The molecule has 0 saturated heterocycles. The summed E-state index contributed by atoms with van der Waals surface area (Å²) in [5, 5.41) is 32.6. The molecule has 0 aliphatic rings. The van der Waals surface area contributed by atoms with E-state index in [1.165, 1.54) is 0 Å². The molecule has 0 bridgehead atoms. The number of hydrogen-bond donors (Lipinski definition) is 4. The maximum atomic E-state index is 9.64. The summed E-state index contributed by atoms with van der Waals surface area (Å²) < 4.78 is 1.69. The second-order valence-corrected chi connectivity index (χ2v) is 6.76. The van der Waals surface area contributed by atoms with E-state index in [1.807, 2.05) is 0 Å². The monoisotopic (exact) mass is 362 g/mol. The quantitative estimate of drug-likeness (QED) is 0.463. The number of likely N-dealkylation sites (N-methyl/N-ethyl adjacent to an activating group) is 2. The molecule has 0 atom stereocenters. The van der Waals surface area contributed by atoms with Gasteiger partial charge in [0.25, 0.3) is 0 Å². The van der Waals surface area contributed by atoms with Crippen LogP contribution >= 0.6 is 12.4 Å². The third-order valence-electron chi connectivity index (χ3n) is 2.09. The van der Waals surface area contributed by atoms with Crippen LogP contribution < -0.4 is 0 Å². The molecule has 0 aliphatic carbocycles. The maximum Gasteiger partial charge on any atom is 0.303 e. The number of carbonyl (C=O) groups is 2. The number of nitrogens with zero attached hydrogens (tertiary/aromatic N) is 2. The van der Waals surface area contributed by atoms with E-state index in [9.17, 15) is 9.59 Å². The third-order valence-corrected chi connectivity index (χ3v) is 2.09. The third kappa shape index (κ3) is 52.6. The molecule has 0 radical (unpaired) electrons. The Labute approximate surface area is 145 Å². The zero-order valence-electron chi connectivity index (χ0n) is 15.2. The second kappa shape index (κ2) is 15.9. The van der Waals surface area contributed by atoms with E-state index in [4.69, 9.17) is 20.4 Å². The first-order valence-electron chi connectivity index (χ1n) is 7.01. The van der Waals surface area contributed by atoms with Crippen LogP contribution in [0.2, 0.25) is 0 Å². The first-order valence-corrected chi connectivity index (χ1v) is 7.01. The Morgan fingerprint density at radius 2 is 0.913 bits per heavy atom. The van der Waals surface area contributed by atoms with Crippen molar-refractivity contribution in [1.82, 2.24) is 0 Å². The van der Waals surface area contributed by atoms with Crippen molar-refractivity contribution in [3.05, 3.63) is 0 Å². The lowest BCUT2D eigenvalue weighted by Crippen LogP contribution is -2.36. The minimum absolute atomic E-state index is 0. The van der Waals surface area contributed by atoms with Gasteiger partial charge in [0.15, 0.2) is 0 Å². The molecule has 0 amide bonds. The van der Waals surface area contributed by atoms with Crippen molar-refractivity contribution >= 4 is 24.3 Å². The van der Waals surface area contributed by atoms with Crippen LogP contribution in [0.4, 0.5) is 0 Å². The highest BCUT2D eigenvalue weighted by Gasteiger charge is 2.03. The Morgan fingerprint density at radius 3 is 0.957 bits per heavy atom. The van der Waals surface area contributed by atoms with E-state index in [0.29, 0.717) is 0 Å². The summed E-state index contributed by atoms with van der Waals surface area (Å²) in [6.07, 6.45) is -0.593. The van der Waals surface area contributed by atoms with E-state index in [1.54, 1.807) is 0 Å².